The largest absolute Gasteiger partial charge is 0.547 e. The van der Waals surface area contributed by atoms with Crippen LogP contribution in [-0.4, -0.2) is 34.4 Å². The molecule has 7 nitrogen and oxygen atoms in total. The van der Waals surface area contributed by atoms with Crippen LogP contribution in [0.4, 0.5) is 0 Å². The number of hydrogen-bond donors (Lipinski definition) is 3. The Labute approximate surface area is 61.5 Å². The van der Waals surface area contributed by atoms with Crippen molar-refractivity contribution in [1.29, 1.82) is 0 Å². The van der Waals surface area contributed by atoms with Gasteiger partial charge in [-0.1, -0.05) is 0 Å². The topological polar surface area (TPSA) is 157 Å². The van der Waals surface area contributed by atoms with Crippen molar-refractivity contribution in [2.75, 3.05) is 0 Å². The number of carboxylic acids is 2. The number of aliphatic hydroxyl groups is 2. The lowest BCUT2D eigenvalue weighted by molar-refractivity contribution is -0.333. The van der Waals surface area contributed by atoms with Gasteiger partial charge in [-0.3, -0.25) is 0 Å². The molecule has 6 N–H and O–H groups in total. The maximum absolute atomic E-state index is 9.63. The zero-order chi connectivity index (χ0) is 8.31. The van der Waals surface area contributed by atoms with E-state index in [2.05, 4.69) is 0 Å². The van der Waals surface area contributed by atoms with Crippen molar-refractivity contribution in [3.8, 4) is 0 Å². The standard InChI is InChI=1S/C4H6O6.H3N/c5-1(3(7)8)2(6)4(9)10;/h1-2,5-6H,(H,7,8)(H,9,10);1H3/p-1. The minimum Gasteiger partial charge on any atom is -0.547 e. The average Bonchev–Trinajstić information content (AvgIpc) is 1.84. The van der Waals surface area contributed by atoms with Gasteiger partial charge in [0.1, 0.15) is 12.2 Å². The first kappa shape index (κ1) is 12.5. The Bertz CT molecular complexity index is 139. The second-order valence-electron chi connectivity index (χ2n) is 1.53. The lowest BCUT2D eigenvalue weighted by Gasteiger charge is -2.18. The molecule has 0 fully saturated rings. The van der Waals surface area contributed by atoms with Crippen molar-refractivity contribution in [3.05, 3.63) is 0 Å². The van der Waals surface area contributed by atoms with Crippen molar-refractivity contribution in [2.24, 2.45) is 0 Å². The highest BCUT2D eigenvalue weighted by atomic mass is 16.4. The Morgan fingerprint density at radius 1 is 1.00 bits per heavy atom. The number of carbonyl (C=O) groups excluding carboxylic acids is 2. The summed E-state index contributed by atoms with van der Waals surface area (Å²) in [6.07, 6.45) is -4.88. The van der Waals surface area contributed by atoms with Crippen molar-refractivity contribution in [1.82, 2.24) is 6.15 Å². The van der Waals surface area contributed by atoms with E-state index in [1.54, 1.807) is 0 Å². The summed E-state index contributed by atoms with van der Waals surface area (Å²) in [4.78, 5) is 19.3. The minimum absolute atomic E-state index is 0. The molecular formula is C4H8NO6-. The highest BCUT2D eigenvalue weighted by molar-refractivity contribution is 5.80. The molecule has 0 radical (unpaired) electrons. The maximum Gasteiger partial charge on any atom is 0.124 e. The first-order valence-electron chi connectivity index (χ1n) is 2.24. The van der Waals surface area contributed by atoms with Crippen LogP contribution >= 0.6 is 0 Å². The Balaban J connectivity index is 0. The molecular weight excluding hydrogens is 158 g/mol. The van der Waals surface area contributed by atoms with Gasteiger partial charge in [-0.05, 0) is 0 Å². The number of carboxylic acid groups (broad SMARTS) is 2. The molecule has 0 spiro atoms. The third-order valence-corrected chi connectivity index (χ3v) is 0.782. The molecule has 11 heavy (non-hydrogen) atoms. The maximum atomic E-state index is 9.63. The Hall–Kier alpha value is -1.18. The highest BCUT2D eigenvalue weighted by Crippen LogP contribution is 1.88. The van der Waals surface area contributed by atoms with Crippen molar-refractivity contribution in [3.63, 3.8) is 0 Å². The van der Waals surface area contributed by atoms with Gasteiger partial charge in [0.05, 0.1) is 11.9 Å². The van der Waals surface area contributed by atoms with E-state index in [1.165, 1.54) is 0 Å². The Morgan fingerprint density at radius 2 is 1.18 bits per heavy atom. The smallest absolute Gasteiger partial charge is 0.124 e. The van der Waals surface area contributed by atoms with E-state index in [1.807, 2.05) is 0 Å². The fourth-order valence-corrected chi connectivity index (χ4v) is 0.258. The SMILES string of the molecule is O=C([O-])C(O)C(O)C(=O)[O-].[NH4+]. The molecule has 2 unspecified atom stereocenters. The Morgan fingerprint density at radius 3 is 1.27 bits per heavy atom. The van der Waals surface area contributed by atoms with E-state index in [0.29, 0.717) is 0 Å². The summed E-state index contributed by atoms with van der Waals surface area (Å²) in [5, 5.41) is 35.7. The summed E-state index contributed by atoms with van der Waals surface area (Å²) >= 11 is 0. The second kappa shape index (κ2) is 4.61. The van der Waals surface area contributed by atoms with Crippen LogP contribution in [-0.2, 0) is 9.59 Å². The van der Waals surface area contributed by atoms with Crippen LogP contribution in [0.5, 0.6) is 0 Å². The fraction of sp³-hybridized carbons (Fsp3) is 0.500. The first-order valence-corrected chi connectivity index (χ1v) is 2.24. The molecule has 0 saturated heterocycles. The van der Waals surface area contributed by atoms with Crippen LogP contribution in [0.1, 0.15) is 0 Å². The first-order chi connectivity index (χ1) is 4.46. The average molecular weight is 166 g/mol. The van der Waals surface area contributed by atoms with E-state index in [0.717, 1.165) is 0 Å². The van der Waals surface area contributed by atoms with Crippen molar-refractivity contribution >= 4 is 11.9 Å². The minimum atomic E-state index is -2.44. The molecule has 0 aliphatic carbocycles. The molecule has 0 aliphatic rings. The predicted octanol–water partition coefficient (Wildman–Crippen LogP) is -4.42. The van der Waals surface area contributed by atoms with Crippen LogP contribution in [0, 0.1) is 0 Å². The molecule has 0 rings (SSSR count). The summed E-state index contributed by atoms with van der Waals surface area (Å²) in [5.74, 6) is -4.12. The van der Waals surface area contributed by atoms with Crippen LogP contribution in [0.3, 0.4) is 0 Å². The molecule has 0 amide bonds. The normalized spacial score (nSPS) is 14.4. The third kappa shape index (κ3) is 3.50. The highest BCUT2D eigenvalue weighted by Gasteiger charge is 2.17. The number of carbonyl (C=O) groups is 2. The molecule has 7 heteroatoms. The molecule has 0 aromatic carbocycles. The van der Waals surface area contributed by atoms with Crippen LogP contribution in [0.25, 0.3) is 0 Å². The van der Waals surface area contributed by atoms with Gasteiger partial charge >= 0.3 is 0 Å². The predicted molar refractivity (Wildman–Crippen MR) is 28.0 cm³/mol. The van der Waals surface area contributed by atoms with Crippen molar-refractivity contribution < 1.29 is 30.0 Å². The number of aliphatic carboxylic acids is 2. The summed E-state index contributed by atoms with van der Waals surface area (Å²) in [6.45, 7) is 0. The summed E-state index contributed by atoms with van der Waals surface area (Å²) < 4.78 is 0. The lowest BCUT2D eigenvalue weighted by atomic mass is 10.2. The molecule has 0 heterocycles. The molecule has 2 atom stereocenters. The number of quaternary nitrogens is 1. The molecule has 0 aromatic heterocycles. The van der Waals surface area contributed by atoms with Crippen LogP contribution in [0.2, 0.25) is 0 Å². The van der Waals surface area contributed by atoms with Gasteiger partial charge < -0.3 is 36.2 Å². The van der Waals surface area contributed by atoms with Gasteiger partial charge in [0.25, 0.3) is 0 Å². The van der Waals surface area contributed by atoms with Crippen LogP contribution in [0.15, 0.2) is 0 Å². The van der Waals surface area contributed by atoms with E-state index < -0.39 is 24.1 Å². The molecule has 0 aliphatic heterocycles. The number of aliphatic hydroxyl groups excluding tert-OH is 2. The quantitative estimate of drug-likeness (QED) is 0.384. The molecule has 0 aromatic rings. The van der Waals surface area contributed by atoms with E-state index in [4.69, 9.17) is 10.2 Å². The monoisotopic (exact) mass is 166 g/mol. The molecule has 0 bridgehead atoms. The van der Waals surface area contributed by atoms with Gasteiger partial charge in [0, 0.05) is 0 Å². The summed E-state index contributed by atoms with van der Waals surface area (Å²) in [7, 11) is 0. The third-order valence-electron chi connectivity index (χ3n) is 0.782. The Kier molecular flexibility index (Phi) is 5.23. The fourth-order valence-electron chi connectivity index (χ4n) is 0.258. The van der Waals surface area contributed by atoms with Gasteiger partial charge in [-0.25, -0.2) is 0 Å². The van der Waals surface area contributed by atoms with E-state index in [9.17, 15) is 19.8 Å². The lowest BCUT2D eigenvalue weighted by Crippen LogP contribution is -2.51. The zero-order valence-corrected chi connectivity index (χ0v) is 5.68. The van der Waals surface area contributed by atoms with Crippen molar-refractivity contribution in [2.45, 2.75) is 12.2 Å². The van der Waals surface area contributed by atoms with Gasteiger partial charge in [0.15, 0.2) is 0 Å². The van der Waals surface area contributed by atoms with E-state index in [-0.39, 0.29) is 6.15 Å². The van der Waals surface area contributed by atoms with Gasteiger partial charge in [-0.15, -0.1) is 0 Å². The number of rotatable bonds is 3. The summed E-state index contributed by atoms with van der Waals surface area (Å²) in [5.41, 5.74) is 0. The summed E-state index contributed by atoms with van der Waals surface area (Å²) in [6, 6.07) is 0. The van der Waals surface area contributed by atoms with E-state index >= 15 is 0 Å². The molecule has 66 valence electrons. The molecule has 0 saturated carbocycles. The van der Waals surface area contributed by atoms with Gasteiger partial charge in [-0.2, -0.15) is 0 Å². The van der Waals surface area contributed by atoms with Crippen LogP contribution < -0.4 is 16.4 Å². The second-order valence-corrected chi connectivity index (χ2v) is 1.53. The van der Waals surface area contributed by atoms with Gasteiger partial charge in [0.2, 0.25) is 0 Å². The number of hydrogen-bond acceptors (Lipinski definition) is 6. The zero-order valence-electron chi connectivity index (χ0n) is 5.68.